The normalized spacial score (nSPS) is 12.8. The number of hydrogen-bond acceptors (Lipinski definition) is 3. The first kappa shape index (κ1) is 22.1. The summed E-state index contributed by atoms with van der Waals surface area (Å²) < 4.78 is 17.2. The molecule has 0 rings (SSSR count). The molecule has 0 heterocycles. The topological polar surface area (TPSA) is 27.7 Å². The van der Waals surface area contributed by atoms with Gasteiger partial charge in [-0.2, -0.15) is 0 Å². The molecule has 0 bridgehead atoms. The van der Waals surface area contributed by atoms with Gasteiger partial charge in [0, 0.05) is 6.61 Å². The van der Waals surface area contributed by atoms with Gasteiger partial charge in [0.1, 0.15) is 0 Å². The van der Waals surface area contributed by atoms with E-state index in [0.29, 0.717) is 26.4 Å². The number of unbranched alkanes of at least 4 members (excludes halogenated alkanes) is 5. The molecule has 134 valence electrons. The first-order valence-corrected chi connectivity index (χ1v) is 12.0. The summed E-state index contributed by atoms with van der Waals surface area (Å²) in [5, 5.41) is 0.271. The molecule has 4 heteroatoms. The third kappa shape index (κ3) is 11.6. The van der Waals surface area contributed by atoms with Crippen molar-refractivity contribution in [1.82, 2.24) is 0 Å². The van der Waals surface area contributed by atoms with Gasteiger partial charge < -0.3 is 13.9 Å². The highest BCUT2D eigenvalue weighted by Crippen LogP contribution is 2.36. The van der Waals surface area contributed by atoms with E-state index in [-0.39, 0.29) is 5.04 Å². The van der Waals surface area contributed by atoms with Crippen molar-refractivity contribution in [2.75, 3.05) is 33.0 Å². The van der Waals surface area contributed by atoms with Crippen molar-refractivity contribution in [2.24, 2.45) is 0 Å². The Hall–Kier alpha value is 0.0969. The molecule has 0 aromatic heterocycles. The van der Waals surface area contributed by atoms with Gasteiger partial charge in [0.05, 0.1) is 26.4 Å². The van der Waals surface area contributed by atoms with Crippen molar-refractivity contribution < 1.29 is 13.9 Å². The molecular weight excluding hydrogens is 292 g/mol. The Kier molecular flexibility index (Phi) is 12.6. The zero-order valence-corrected chi connectivity index (χ0v) is 17.0. The Bertz CT molecular complexity index is 249. The van der Waals surface area contributed by atoms with Gasteiger partial charge in [-0.15, -0.1) is 0 Å². The van der Waals surface area contributed by atoms with Crippen molar-refractivity contribution in [1.29, 1.82) is 0 Å². The summed E-state index contributed by atoms with van der Waals surface area (Å²) in [6.07, 6.45) is 7.87. The van der Waals surface area contributed by atoms with Crippen LogP contribution in [0.5, 0.6) is 0 Å². The van der Waals surface area contributed by atoms with E-state index in [1.165, 1.54) is 38.5 Å². The number of ether oxygens (including phenoxy) is 2. The second kappa shape index (κ2) is 12.5. The predicted octanol–water partition coefficient (Wildman–Crippen LogP) is 5.40. The largest absolute Gasteiger partial charge is 0.414 e. The third-order valence-corrected chi connectivity index (χ3v) is 9.05. The number of rotatable bonds is 14. The van der Waals surface area contributed by atoms with Gasteiger partial charge in [0.25, 0.3) is 0 Å². The van der Waals surface area contributed by atoms with Crippen molar-refractivity contribution >= 4 is 8.32 Å². The molecule has 0 aliphatic heterocycles. The maximum absolute atomic E-state index is 6.06. The van der Waals surface area contributed by atoms with Crippen LogP contribution in [-0.4, -0.2) is 41.4 Å². The van der Waals surface area contributed by atoms with Crippen LogP contribution in [0.2, 0.25) is 18.1 Å². The molecule has 0 aliphatic carbocycles. The fourth-order valence-electron chi connectivity index (χ4n) is 1.88. The molecule has 0 amide bonds. The summed E-state index contributed by atoms with van der Waals surface area (Å²) in [7, 11) is -1.62. The lowest BCUT2D eigenvalue weighted by Crippen LogP contribution is -2.41. The molecule has 0 unspecified atom stereocenters. The van der Waals surface area contributed by atoms with Crippen molar-refractivity contribution in [2.45, 2.75) is 84.4 Å². The van der Waals surface area contributed by atoms with Gasteiger partial charge in [-0.25, -0.2) is 0 Å². The summed E-state index contributed by atoms with van der Waals surface area (Å²) in [6.45, 7) is 17.2. The standard InChI is InChI=1S/C18H40O3Si/c1-7-8-9-10-11-12-13-19-14-15-20-16-17-21-22(5,6)18(2,3)4/h7-17H2,1-6H3. The van der Waals surface area contributed by atoms with Crippen LogP contribution < -0.4 is 0 Å². The Balaban J connectivity index is 3.28. The first-order valence-electron chi connectivity index (χ1n) is 9.10. The summed E-state index contributed by atoms with van der Waals surface area (Å²) in [6, 6.07) is 0. The summed E-state index contributed by atoms with van der Waals surface area (Å²) in [4.78, 5) is 0. The molecule has 0 saturated carbocycles. The van der Waals surface area contributed by atoms with Gasteiger partial charge in [-0.3, -0.25) is 0 Å². The average molecular weight is 333 g/mol. The lowest BCUT2D eigenvalue weighted by Gasteiger charge is -2.36. The minimum absolute atomic E-state index is 0.271. The highest BCUT2D eigenvalue weighted by molar-refractivity contribution is 6.74. The molecule has 0 fully saturated rings. The molecule has 0 atom stereocenters. The molecule has 22 heavy (non-hydrogen) atoms. The Morgan fingerprint density at radius 2 is 1.18 bits per heavy atom. The van der Waals surface area contributed by atoms with Crippen molar-refractivity contribution in [3.8, 4) is 0 Å². The van der Waals surface area contributed by atoms with E-state index >= 15 is 0 Å². The van der Waals surface area contributed by atoms with Crippen LogP contribution in [-0.2, 0) is 13.9 Å². The fourth-order valence-corrected chi connectivity index (χ4v) is 2.91. The molecule has 0 aromatic carbocycles. The molecule has 0 saturated heterocycles. The molecule has 0 aliphatic rings. The van der Waals surface area contributed by atoms with E-state index < -0.39 is 8.32 Å². The SMILES string of the molecule is CCCCCCCCOCCOCCO[Si](C)(C)C(C)(C)C. The zero-order chi connectivity index (χ0) is 16.9. The van der Waals surface area contributed by atoms with E-state index in [9.17, 15) is 0 Å². The minimum Gasteiger partial charge on any atom is -0.414 e. The summed E-state index contributed by atoms with van der Waals surface area (Å²) in [5.74, 6) is 0. The first-order chi connectivity index (χ1) is 10.3. The summed E-state index contributed by atoms with van der Waals surface area (Å²) in [5.41, 5.74) is 0. The van der Waals surface area contributed by atoms with E-state index in [4.69, 9.17) is 13.9 Å². The summed E-state index contributed by atoms with van der Waals surface area (Å²) >= 11 is 0. The third-order valence-electron chi connectivity index (χ3n) is 4.51. The van der Waals surface area contributed by atoms with E-state index in [2.05, 4.69) is 40.8 Å². The van der Waals surface area contributed by atoms with Gasteiger partial charge in [-0.05, 0) is 24.6 Å². The van der Waals surface area contributed by atoms with Crippen LogP contribution in [0.4, 0.5) is 0 Å². The molecule has 0 N–H and O–H groups in total. The van der Waals surface area contributed by atoms with Crippen LogP contribution in [0.15, 0.2) is 0 Å². The van der Waals surface area contributed by atoms with Crippen LogP contribution in [0.3, 0.4) is 0 Å². The highest BCUT2D eigenvalue weighted by atomic mass is 28.4. The maximum atomic E-state index is 6.06. The smallest absolute Gasteiger partial charge is 0.192 e. The monoisotopic (exact) mass is 332 g/mol. The van der Waals surface area contributed by atoms with Gasteiger partial charge in [-0.1, -0.05) is 59.8 Å². The lowest BCUT2D eigenvalue weighted by molar-refractivity contribution is 0.0336. The number of hydrogen-bond donors (Lipinski definition) is 0. The van der Waals surface area contributed by atoms with Gasteiger partial charge in [0.2, 0.25) is 0 Å². The Morgan fingerprint density at radius 1 is 0.682 bits per heavy atom. The van der Waals surface area contributed by atoms with Crippen LogP contribution in [0, 0.1) is 0 Å². The Morgan fingerprint density at radius 3 is 1.77 bits per heavy atom. The quantitative estimate of drug-likeness (QED) is 0.315. The fraction of sp³-hybridized carbons (Fsp3) is 1.00. The van der Waals surface area contributed by atoms with Gasteiger partial charge in [0.15, 0.2) is 8.32 Å². The minimum atomic E-state index is -1.62. The van der Waals surface area contributed by atoms with Crippen molar-refractivity contribution in [3.63, 3.8) is 0 Å². The van der Waals surface area contributed by atoms with Crippen LogP contribution >= 0.6 is 0 Å². The van der Waals surface area contributed by atoms with E-state index in [0.717, 1.165) is 6.61 Å². The molecule has 0 spiro atoms. The molecular formula is C18H40O3Si. The zero-order valence-electron chi connectivity index (χ0n) is 16.0. The average Bonchev–Trinajstić information content (AvgIpc) is 2.42. The second-order valence-corrected chi connectivity index (χ2v) is 12.4. The molecule has 0 aromatic rings. The van der Waals surface area contributed by atoms with Gasteiger partial charge >= 0.3 is 0 Å². The second-order valence-electron chi connectivity index (χ2n) is 7.60. The molecule has 3 nitrogen and oxygen atoms in total. The maximum Gasteiger partial charge on any atom is 0.192 e. The van der Waals surface area contributed by atoms with Crippen LogP contribution in [0.25, 0.3) is 0 Å². The predicted molar refractivity (Wildman–Crippen MR) is 98.2 cm³/mol. The van der Waals surface area contributed by atoms with E-state index in [1.54, 1.807) is 0 Å². The lowest BCUT2D eigenvalue weighted by atomic mass is 10.1. The highest BCUT2D eigenvalue weighted by Gasteiger charge is 2.36. The molecule has 0 radical (unpaired) electrons. The van der Waals surface area contributed by atoms with Crippen molar-refractivity contribution in [3.05, 3.63) is 0 Å². The van der Waals surface area contributed by atoms with Crippen LogP contribution in [0.1, 0.15) is 66.2 Å². The van der Waals surface area contributed by atoms with E-state index in [1.807, 2.05) is 0 Å². The Labute approximate surface area is 140 Å².